The molecule has 1 N–H and O–H groups in total. The summed E-state index contributed by atoms with van der Waals surface area (Å²) in [6, 6.07) is 5.87. The van der Waals surface area contributed by atoms with Crippen LogP contribution in [0, 0.1) is 0 Å². The molecule has 0 aliphatic rings. The van der Waals surface area contributed by atoms with Crippen molar-refractivity contribution in [1.82, 2.24) is 34.1 Å². The van der Waals surface area contributed by atoms with E-state index < -0.39 is 31.1 Å². The predicted octanol–water partition coefficient (Wildman–Crippen LogP) is 3.06. The minimum Gasteiger partial charge on any atom is -0.361 e. The summed E-state index contributed by atoms with van der Waals surface area (Å²) in [5.74, 6) is 0.250. The van der Waals surface area contributed by atoms with E-state index in [9.17, 15) is 22.8 Å². The topological polar surface area (TPSA) is 113 Å². The van der Waals surface area contributed by atoms with Crippen molar-refractivity contribution < 1.29 is 17.9 Å². The maximum Gasteiger partial charge on any atom is 0.416 e. The summed E-state index contributed by atoms with van der Waals surface area (Å²) >= 11 is 0. The molecule has 3 heterocycles. The zero-order chi connectivity index (χ0) is 26.3. The first-order valence-electron chi connectivity index (χ1n) is 11.2. The van der Waals surface area contributed by atoms with Gasteiger partial charge < -0.3 is 4.74 Å². The van der Waals surface area contributed by atoms with Crippen molar-refractivity contribution in [3.63, 3.8) is 0 Å². The summed E-state index contributed by atoms with van der Waals surface area (Å²) in [5, 5.41) is 8.14. The number of aromatic nitrogens is 7. The number of fused-ring (bicyclic) bond motifs is 1. The number of aromatic amines is 1. The Morgan fingerprint density at radius 3 is 2.61 bits per heavy atom. The molecule has 0 aliphatic heterocycles. The molecule has 0 atom stereocenters. The molecule has 4 aromatic rings. The fourth-order valence-electron chi connectivity index (χ4n) is 3.60. The Labute approximate surface area is 204 Å². The minimum absolute atomic E-state index is 0.00190. The van der Waals surface area contributed by atoms with E-state index in [0.717, 1.165) is 18.2 Å². The summed E-state index contributed by atoms with van der Waals surface area (Å²) < 4.78 is 49.1. The Kier molecular flexibility index (Phi) is 6.75. The van der Waals surface area contributed by atoms with Crippen molar-refractivity contribution in [2.75, 3.05) is 6.61 Å². The number of benzene rings is 1. The van der Waals surface area contributed by atoms with Crippen LogP contribution in [-0.2, 0) is 31.2 Å². The van der Waals surface area contributed by atoms with Crippen molar-refractivity contribution in [3.8, 4) is 11.5 Å². The highest BCUT2D eigenvalue weighted by Crippen LogP contribution is 2.29. The maximum atomic E-state index is 13.1. The summed E-state index contributed by atoms with van der Waals surface area (Å²) in [4.78, 5) is 31.5. The lowest BCUT2D eigenvalue weighted by Gasteiger charge is -2.16. The van der Waals surface area contributed by atoms with Gasteiger partial charge in [0.25, 0.3) is 5.56 Å². The summed E-state index contributed by atoms with van der Waals surface area (Å²) in [7, 11) is 0.137. The number of H-pyrrole nitrogens is 1. The molecule has 0 aliphatic carbocycles. The van der Waals surface area contributed by atoms with E-state index in [1.165, 1.54) is 33.1 Å². The molecule has 0 radical (unpaired) electrons. The normalized spacial score (nSPS) is 12.5. The molecule has 0 bridgehead atoms. The van der Waals surface area contributed by atoms with E-state index in [2.05, 4.69) is 39.9 Å². The van der Waals surface area contributed by atoms with E-state index in [1.54, 1.807) is 6.07 Å². The van der Waals surface area contributed by atoms with Crippen LogP contribution in [-0.4, -0.2) is 48.8 Å². The highest BCUT2D eigenvalue weighted by Gasteiger charge is 2.30. The molecule has 3 aromatic heterocycles. The second-order valence-electron chi connectivity index (χ2n) is 9.70. The molecule has 36 heavy (non-hydrogen) atoms. The Bertz CT molecular complexity index is 1510. The Balaban J connectivity index is 1.69. The molecule has 0 spiro atoms. The Morgan fingerprint density at radius 1 is 1.17 bits per heavy atom. The molecule has 0 saturated carbocycles. The molecular formula is C22H26F3N7O3Si. The van der Waals surface area contributed by atoms with E-state index in [0.29, 0.717) is 12.2 Å². The number of hydrogen-bond acceptors (Lipinski definition) is 6. The van der Waals surface area contributed by atoms with Crippen LogP contribution in [0.25, 0.3) is 22.7 Å². The molecule has 192 valence electrons. The molecular weight excluding hydrogens is 495 g/mol. The number of hydrogen-bond donors (Lipinski definition) is 1. The van der Waals surface area contributed by atoms with Gasteiger partial charge in [-0.25, -0.2) is 14.5 Å². The summed E-state index contributed by atoms with van der Waals surface area (Å²) in [6.07, 6.45) is -2.93. The van der Waals surface area contributed by atoms with Gasteiger partial charge in [-0.3, -0.25) is 18.9 Å². The van der Waals surface area contributed by atoms with Gasteiger partial charge >= 0.3 is 11.9 Å². The zero-order valence-corrected chi connectivity index (χ0v) is 21.3. The van der Waals surface area contributed by atoms with Gasteiger partial charge in [0.15, 0.2) is 17.0 Å². The van der Waals surface area contributed by atoms with Gasteiger partial charge in [-0.2, -0.15) is 13.2 Å². The third-order valence-electron chi connectivity index (χ3n) is 5.59. The molecule has 0 saturated heterocycles. The number of rotatable bonds is 8. The van der Waals surface area contributed by atoms with Gasteiger partial charge in [0.05, 0.1) is 18.3 Å². The quantitative estimate of drug-likeness (QED) is 0.282. The summed E-state index contributed by atoms with van der Waals surface area (Å²) in [6.45, 7) is 7.19. The van der Waals surface area contributed by atoms with E-state index in [-0.39, 0.29) is 36.0 Å². The van der Waals surface area contributed by atoms with Crippen LogP contribution < -0.4 is 11.2 Å². The van der Waals surface area contributed by atoms with Crippen molar-refractivity contribution in [2.45, 2.75) is 45.1 Å². The van der Waals surface area contributed by atoms with Crippen LogP contribution in [0.4, 0.5) is 13.2 Å². The molecule has 0 fully saturated rings. The second-order valence-corrected chi connectivity index (χ2v) is 15.3. The first-order valence-corrected chi connectivity index (χ1v) is 14.9. The van der Waals surface area contributed by atoms with E-state index >= 15 is 0 Å². The lowest BCUT2D eigenvalue weighted by Crippen LogP contribution is -2.29. The van der Waals surface area contributed by atoms with Gasteiger partial charge in [-0.05, 0) is 23.7 Å². The molecule has 0 unspecified atom stereocenters. The predicted molar refractivity (Wildman–Crippen MR) is 129 cm³/mol. The van der Waals surface area contributed by atoms with Crippen LogP contribution in [0.3, 0.4) is 0 Å². The summed E-state index contributed by atoms with van der Waals surface area (Å²) in [5.41, 5.74) is -1.01. The van der Waals surface area contributed by atoms with Gasteiger partial charge in [0.2, 0.25) is 0 Å². The maximum absolute atomic E-state index is 13.1. The molecule has 10 nitrogen and oxygen atoms in total. The molecule has 0 amide bonds. The fraction of sp³-hybridized carbons (Fsp3) is 0.409. The van der Waals surface area contributed by atoms with Crippen molar-refractivity contribution in [2.24, 2.45) is 7.05 Å². The number of ether oxygens (including phenoxy) is 1. The van der Waals surface area contributed by atoms with Gasteiger partial charge in [-0.1, -0.05) is 37.0 Å². The second kappa shape index (κ2) is 9.50. The number of nitrogens with zero attached hydrogens (tertiary/aromatic N) is 6. The first-order chi connectivity index (χ1) is 16.8. The third-order valence-corrected chi connectivity index (χ3v) is 7.29. The standard InChI is InChI=1S/C22H26F3N7O3Si/c1-30-19-17(20(33)27-21(30)34)32(13-35-8-9-36(2,3)4)18(26-19)16-12-31(29-28-16)11-14-6-5-7-15(10-14)22(23,24)25/h5-7,10,12H,8-9,11,13H2,1-4H3,(H,27,33,34). The van der Waals surface area contributed by atoms with E-state index in [4.69, 9.17) is 4.74 Å². The molecule has 4 rings (SSSR count). The molecule has 1 aromatic carbocycles. The Morgan fingerprint density at radius 2 is 1.92 bits per heavy atom. The highest BCUT2D eigenvalue weighted by molar-refractivity contribution is 6.76. The number of imidazole rings is 1. The minimum atomic E-state index is -4.45. The lowest BCUT2D eigenvalue weighted by atomic mass is 10.1. The van der Waals surface area contributed by atoms with Crippen molar-refractivity contribution in [1.29, 1.82) is 0 Å². The number of nitrogens with one attached hydrogen (secondary N) is 1. The number of halogens is 3. The molecule has 14 heteroatoms. The fourth-order valence-corrected chi connectivity index (χ4v) is 4.36. The number of alkyl halides is 3. The van der Waals surface area contributed by atoms with Crippen LogP contribution in [0.1, 0.15) is 11.1 Å². The van der Waals surface area contributed by atoms with Crippen LogP contribution in [0.5, 0.6) is 0 Å². The van der Waals surface area contributed by atoms with Crippen LogP contribution >= 0.6 is 0 Å². The van der Waals surface area contributed by atoms with Crippen LogP contribution in [0.2, 0.25) is 25.7 Å². The lowest BCUT2D eigenvalue weighted by molar-refractivity contribution is -0.137. The smallest absolute Gasteiger partial charge is 0.361 e. The van der Waals surface area contributed by atoms with Gasteiger partial charge in [0, 0.05) is 21.7 Å². The van der Waals surface area contributed by atoms with Crippen molar-refractivity contribution in [3.05, 3.63) is 62.4 Å². The Hall–Kier alpha value is -3.52. The first kappa shape index (κ1) is 25.6. The zero-order valence-electron chi connectivity index (χ0n) is 20.3. The monoisotopic (exact) mass is 521 g/mol. The third kappa shape index (κ3) is 5.49. The number of aryl methyl sites for hydroxylation is 1. The van der Waals surface area contributed by atoms with Crippen LogP contribution in [0.15, 0.2) is 40.1 Å². The average molecular weight is 522 g/mol. The van der Waals surface area contributed by atoms with Gasteiger partial charge in [-0.15, -0.1) is 5.10 Å². The largest absolute Gasteiger partial charge is 0.416 e. The van der Waals surface area contributed by atoms with Gasteiger partial charge in [0.1, 0.15) is 12.4 Å². The SMILES string of the molecule is Cn1c(=O)[nH]c(=O)c2c1nc(-c1cn(Cc3cccc(C(F)(F)F)c3)nn1)n2COCC[Si](C)(C)C. The average Bonchev–Trinajstić information content (AvgIpc) is 3.39. The van der Waals surface area contributed by atoms with Crippen molar-refractivity contribution >= 4 is 19.2 Å². The van der Waals surface area contributed by atoms with E-state index in [1.807, 2.05) is 0 Å². The highest BCUT2D eigenvalue weighted by atomic mass is 28.3.